The average Bonchev–Trinajstić information content (AvgIpc) is 3.06. The van der Waals surface area contributed by atoms with Gasteiger partial charge in [-0.15, -0.1) is 0 Å². The highest BCUT2D eigenvalue weighted by Gasteiger charge is 2.35. The Morgan fingerprint density at radius 2 is 1.81 bits per heavy atom. The van der Waals surface area contributed by atoms with Crippen LogP contribution in [0, 0.1) is 17.6 Å². The number of nitrogens with one attached hydrogen (secondary N) is 1. The van der Waals surface area contributed by atoms with Crippen molar-refractivity contribution in [2.75, 3.05) is 5.32 Å². The molecule has 0 aliphatic heterocycles. The molecule has 2 aromatic carbocycles. The Kier molecular flexibility index (Phi) is 5.62. The number of fused-ring (bicyclic) bond motifs is 1. The zero-order valence-electron chi connectivity index (χ0n) is 16.9. The second-order valence-electron chi connectivity index (χ2n) is 8.04. The smallest absolute Gasteiger partial charge is 0.274 e. The number of aromatic nitrogens is 2. The van der Waals surface area contributed by atoms with Gasteiger partial charge in [-0.25, -0.2) is 17.6 Å². The third kappa shape index (κ3) is 4.58. The van der Waals surface area contributed by atoms with Crippen molar-refractivity contribution in [1.29, 1.82) is 0 Å². The van der Waals surface area contributed by atoms with Gasteiger partial charge in [-0.3, -0.25) is 14.3 Å². The maximum absolute atomic E-state index is 13.8. The van der Waals surface area contributed by atoms with E-state index in [1.165, 1.54) is 28.9 Å². The molecule has 1 aliphatic carbocycles. The van der Waals surface area contributed by atoms with E-state index in [-0.39, 0.29) is 60.6 Å². The molecule has 1 fully saturated rings. The van der Waals surface area contributed by atoms with E-state index < -0.39 is 29.4 Å². The van der Waals surface area contributed by atoms with E-state index in [0.29, 0.717) is 5.39 Å². The molecule has 0 atom stereocenters. The highest BCUT2D eigenvalue weighted by atomic mass is 19.3. The fraction of sp³-hybridized carbons (Fsp3) is 0.318. The van der Waals surface area contributed by atoms with Crippen molar-refractivity contribution in [2.24, 2.45) is 11.7 Å². The minimum atomic E-state index is -2.69. The SMILES string of the molecule is NC(=O)c1cc(F)cc(NC(=O)c2c3ccc(F)cc3nn2CC2CCC(F)(F)CC2)c1. The number of carbonyl (C=O) groups is 2. The Balaban J connectivity index is 1.67. The molecule has 1 aromatic heterocycles. The van der Waals surface area contributed by atoms with Crippen molar-refractivity contribution < 1.29 is 27.2 Å². The first-order valence-electron chi connectivity index (χ1n) is 10.1. The second-order valence-corrected chi connectivity index (χ2v) is 8.04. The summed E-state index contributed by atoms with van der Waals surface area (Å²) in [6.45, 7) is 0.199. The van der Waals surface area contributed by atoms with Crippen LogP contribution in [0.5, 0.6) is 0 Å². The zero-order valence-corrected chi connectivity index (χ0v) is 16.9. The average molecular weight is 448 g/mol. The van der Waals surface area contributed by atoms with Crippen LogP contribution in [-0.2, 0) is 6.54 Å². The molecular formula is C22H20F4N4O2. The largest absolute Gasteiger partial charge is 0.366 e. The van der Waals surface area contributed by atoms with Crippen molar-refractivity contribution in [1.82, 2.24) is 9.78 Å². The Hall–Kier alpha value is -3.43. The van der Waals surface area contributed by atoms with E-state index in [9.17, 15) is 27.2 Å². The van der Waals surface area contributed by atoms with Gasteiger partial charge >= 0.3 is 0 Å². The maximum atomic E-state index is 13.8. The number of halogens is 4. The van der Waals surface area contributed by atoms with Gasteiger partial charge in [0.25, 0.3) is 5.91 Å². The van der Waals surface area contributed by atoms with Crippen molar-refractivity contribution in [3.05, 3.63) is 59.3 Å². The van der Waals surface area contributed by atoms with E-state index in [1.807, 2.05) is 0 Å². The van der Waals surface area contributed by atoms with Crippen LogP contribution < -0.4 is 11.1 Å². The zero-order chi connectivity index (χ0) is 23.0. The highest BCUT2D eigenvalue weighted by molar-refractivity contribution is 6.11. The van der Waals surface area contributed by atoms with Gasteiger partial charge in [0, 0.05) is 42.1 Å². The predicted molar refractivity (Wildman–Crippen MR) is 109 cm³/mol. The molecule has 1 heterocycles. The molecule has 6 nitrogen and oxygen atoms in total. The molecule has 0 saturated heterocycles. The van der Waals surface area contributed by atoms with Crippen molar-refractivity contribution in [3.8, 4) is 0 Å². The van der Waals surface area contributed by atoms with Crippen LogP contribution in [0.4, 0.5) is 23.2 Å². The molecule has 0 unspecified atom stereocenters. The Morgan fingerprint density at radius 3 is 2.50 bits per heavy atom. The van der Waals surface area contributed by atoms with Crippen molar-refractivity contribution in [3.63, 3.8) is 0 Å². The number of amides is 2. The first kappa shape index (κ1) is 21.8. The van der Waals surface area contributed by atoms with Crippen LogP contribution >= 0.6 is 0 Å². The molecule has 168 valence electrons. The van der Waals surface area contributed by atoms with Gasteiger partial charge < -0.3 is 11.1 Å². The first-order chi connectivity index (χ1) is 15.1. The van der Waals surface area contributed by atoms with Gasteiger partial charge in [0.15, 0.2) is 0 Å². The molecule has 32 heavy (non-hydrogen) atoms. The van der Waals surface area contributed by atoms with Gasteiger partial charge in [0.2, 0.25) is 11.8 Å². The lowest BCUT2D eigenvalue weighted by Gasteiger charge is -2.28. The summed E-state index contributed by atoms with van der Waals surface area (Å²) in [5, 5.41) is 7.18. The van der Waals surface area contributed by atoms with E-state index in [1.54, 1.807) is 0 Å². The summed E-state index contributed by atoms with van der Waals surface area (Å²) in [6.07, 6.45) is 0.0522. The fourth-order valence-electron chi connectivity index (χ4n) is 4.00. The summed E-state index contributed by atoms with van der Waals surface area (Å²) < 4.78 is 56.0. The summed E-state index contributed by atoms with van der Waals surface area (Å²) in [6, 6.07) is 6.95. The minimum Gasteiger partial charge on any atom is -0.366 e. The van der Waals surface area contributed by atoms with E-state index in [4.69, 9.17) is 5.73 Å². The van der Waals surface area contributed by atoms with Crippen LogP contribution in [0.3, 0.4) is 0 Å². The third-order valence-corrected chi connectivity index (χ3v) is 5.62. The number of hydrogen-bond donors (Lipinski definition) is 2. The standard InChI is InChI=1S/C22H20F4N4O2/c23-14-1-2-17-18(10-14)29-30(11-12-3-5-22(25,26)6-4-12)19(17)21(32)28-16-8-13(20(27)31)7-15(24)9-16/h1-2,7-10,12H,3-6,11H2,(H2,27,31)(H,28,32). The molecule has 0 radical (unpaired) electrons. The van der Waals surface area contributed by atoms with E-state index >= 15 is 0 Å². The number of primary amides is 1. The summed E-state index contributed by atoms with van der Waals surface area (Å²) in [4.78, 5) is 24.5. The lowest BCUT2D eigenvalue weighted by atomic mass is 9.87. The number of carbonyl (C=O) groups excluding carboxylic acids is 2. The third-order valence-electron chi connectivity index (χ3n) is 5.62. The molecule has 3 aromatic rings. The number of alkyl halides is 2. The van der Waals surface area contributed by atoms with Gasteiger partial charge in [0.05, 0.1) is 5.52 Å². The van der Waals surface area contributed by atoms with Crippen molar-refractivity contribution in [2.45, 2.75) is 38.2 Å². The van der Waals surface area contributed by atoms with Gasteiger partial charge in [-0.05, 0) is 49.1 Å². The minimum absolute atomic E-state index is 0.00382. The molecule has 0 spiro atoms. The summed E-state index contributed by atoms with van der Waals surface area (Å²) in [5.74, 6) is -5.65. The number of rotatable bonds is 5. The topological polar surface area (TPSA) is 90.0 Å². The summed E-state index contributed by atoms with van der Waals surface area (Å²) in [5.41, 5.74) is 5.39. The summed E-state index contributed by atoms with van der Waals surface area (Å²) in [7, 11) is 0. The molecule has 10 heteroatoms. The predicted octanol–water partition coefficient (Wildman–Crippen LogP) is 4.49. The van der Waals surface area contributed by atoms with Crippen molar-refractivity contribution >= 4 is 28.4 Å². The lowest BCUT2D eigenvalue weighted by Crippen LogP contribution is -2.28. The first-order valence-corrected chi connectivity index (χ1v) is 10.1. The molecule has 1 aliphatic rings. The van der Waals surface area contributed by atoms with Crippen LogP contribution in [0.1, 0.15) is 46.5 Å². The second kappa shape index (κ2) is 8.25. The van der Waals surface area contributed by atoms with Crippen LogP contribution in [-0.4, -0.2) is 27.5 Å². The fourth-order valence-corrected chi connectivity index (χ4v) is 4.00. The van der Waals surface area contributed by atoms with Gasteiger partial charge in [-0.1, -0.05) is 0 Å². The normalized spacial score (nSPS) is 16.2. The van der Waals surface area contributed by atoms with E-state index in [2.05, 4.69) is 10.4 Å². The number of hydrogen-bond acceptors (Lipinski definition) is 3. The number of nitrogens with two attached hydrogens (primary N) is 1. The Bertz CT molecular complexity index is 1200. The highest BCUT2D eigenvalue weighted by Crippen LogP contribution is 2.37. The van der Waals surface area contributed by atoms with Gasteiger partial charge in [-0.2, -0.15) is 5.10 Å². The van der Waals surface area contributed by atoms with Crippen LogP contribution in [0.15, 0.2) is 36.4 Å². The molecule has 0 bridgehead atoms. The van der Waals surface area contributed by atoms with Crippen LogP contribution in [0.25, 0.3) is 10.9 Å². The number of nitrogens with zero attached hydrogens (tertiary/aromatic N) is 2. The Labute approximate surface area is 180 Å². The molecular weight excluding hydrogens is 428 g/mol. The Morgan fingerprint density at radius 1 is 1.09 bits per heavy atom. The monoisotopic (exact) mass is 448 g/mol. The quantitative estimate of drug-likeness (QED) is 0.564. The molecule has 2 amide bonds. The molecule has 3 N–H and O–H groups in total. The molecule has 4 rings (SSSR count). The van der Waals surface area contributed by atoms with Gasteiger partial charge in [0.1, 0.15) is 17.3 Å². The summed E-state index contributed by atoms with van der Waals surface area (Å²) >= 11 is 0. The number of anilines is 1. The van der Waals surface area contributed by atoms with E-state index in [0.717, 1.165) is 12.1 Å². The maximum Gasteiger partial charge on any atom is 0.274 e. The number of benzene rings is 2. The molecule has 1 saturated carbocycles. The lowest BCUT2D eigenvalue weighted by molar-refractivity contribution is -0.0476. The van der Waals surface area contributed by atoms with Crippen LogP contribution in [0.2, 0.25) is 0 Å².